The van der Waals surface area contributed by atoms with E-state index in [4.69, 9.17) is 23.1 Å². The van der Waals surface area contributed by atoms with Gasteiger partial charge in [0.25, 0.3) is 0 Å². The molecule has 0 saturated heterocycles. The second kappa shape index (κ2) is 7.28. The van der Waals surface area contributed by atoms with Crippen molar-refractivity contribution in [2.75, 3.05) is 17.2 Å². The number of nitrogen functional groups attached to an aromatic ring is 2. The van der Waals surface area contributed by atoms with Crippen LogP contribution in [0, 0.1) is 0 Å². The maximum atomic E-state index is 12.0. The fourth-order valence-electron chi connectivity index (χ4n) is 1.73. The van der Waals surface area contributed by atoms with Crippen LogP contribution in [0.3, 0.4) is 0 Å². The van der Waals surface area contributed by atoms with E-state index in [-0.39, 0.29) is 29.6 Å². The van der Waals surface area contributed by atoms with Crippen molar-refractivity contribution in [3.63, 3.8) is 0 Å². The molecule has 1 aromatic carbocycles. The van der Waals surface area contributed by atoms with Gasteiger partial charge in [0.1, 0.15) is 0 Å². The Hall–Kier alpha value is -2.06. The Kier molecular flexibility index (Phi) is 5.40. The van der Waals surface area contributed by atoms with E-state index >= 15 is 0 Å². The molecule has 0 radical (unpaired) electrons. The highest BCUT2D eigenvalue weighted by atomic mass is 35.5. The molecular formula is C13H15ClN6OS. The zero-order valence-electron chi connectivity index (χ0n) is 11.8. The summed E-state index contributed by atoms with van der Waals surface area (Å²) in [6.45, 7) is 1.88. The number of thioether (sulfide) groups is 1. The fourth-order valence-corrected chi connectivity index (χ4v) is 2.58. The molecule has 1 aromatic heterocycles. The lowest BCUT2D eigenvalue weighted by Crippen LogP contribution is -2.28. The summed E-state index contributed by atoms with van der Waals surface area (Å²) in [6, 6.07) is 7.18. The largest absolute Gasteiger partial charge is 0.368 e. The minimum absolute atomic E-state index is 0.0303. The first-order chi connectivity index (χ1) is 10.4. The average Bonchev–Trinajstić information content (AvgIpc) is 2.44. The molecule has 1 heterocycles. The van der Waals surface area contributed by atoms with Crippen LogP contribution in [0.5, 0.6) is 0 Å². The number of nitrogens with one attached hydrogen (secondary N) is 1. The van der Waals surface area contributed by atoms with Crippen molar-refractivity contribution in [2.24, 2.45) is 0 Å². The lowest BCUT2D eigenvalue weighted by Gasteiger charge is -2.14. The smallest absolute Gasteiger partial charge is 0.230 e. The van der Waals surface area contributed by atoms with Crippen molar-refractivity contribution in [1.29, 1.82) is 0 Å². The molecule has 0 spiro atoms. The maximum Gasteiger partial charge on any atom is 0.230 e. The van der Waals surface area contributed by atoms with Crippen LogP contribution in [-0.2, 0) is 4.79 Å². The molecule has 1 amide bonds. The minimum Gasteiger partial charge on any atom is -0.368 e. The first-order valence-electron chi connectivity index (χ1n) is 6.38. The number of hydrogen-bond acceptors (Lipinski definition) is 7. The van der Waals surface area contributed by atoms with E-state index < -0.39 is 0 Å². The predicted molar refractivity (Wildman–Crippen MR) is 87.4 cm³/mol. The van der Waals surface area contributed by atoms with Gasteiger partial charge in [0.15, 0.2) is 5.16 Å². The summed E-state index contributed by atoms with van der Waals surface area (Å²) in [5, 5.41) is 3.81. The highest BCUT2D eigenvalue weighted by Gasteiger charge is 2.11. The molecule has 2 rings (SSSR count). The van der Waals surface area contributed by atoms with Gasteiger partial charge < -0.3 is 16.8 Å². The van der Waals surface area contributed by atoms with Gasteiger partial charge in [0.2, 0.25) is 17.8 Å². The summed E-state index contributed by atoms with van der Waals surface area (Å²) >= 11 is 7.07. The molecule has 0 aliphatic rings. The monoisotopic (exact) mass is 338 g/mol. The third-order valence-electron chi connectivity index (χ3n) is 2.71. The number of carbonyl (C=O) groups is 1. The number of hydrogen-bond donors (Lipinski definition) is 3. The first-order valence-corrected chi connectivity index (χ1v) is 7.75. The molecule has 0 aliphatic carbocycles. The molecule has 0 saturated carbocycles. The number of amides is 1. The zero-order valence-corrected chi connectivity index (χ0v) is 13.4. The summed E-state index contributed by atoms with van der Waals surface area (Å²) in [7, 11) is 0. The quantitative estimate of drug-likeness (QED) is 0.709. The van der Waals surface area contributed by atoms with Crippen LogP contribution in [0.15, 0.2) is 29.4 Å². The number of anilines is 2. The fraction of sp³-hybridized carbons (Fsp3) is 0.231. The van der Waals surface area contributed by atoms with Crippen molar-refractivity contribution in [3.8, 4) is 0 Å². The number of aromatic nitrogens is 3. The molecule has 0 aliphatic heterocycles. The van der Waals surface area contributed by atoms with E-state index in [2.05, 4.69) is 20.3 Å². The molecular weight excluding hydrogens is 324 g/mol. The van der Waals surface area contributed by atoms with E-state index in [1.807, 2.05) is 25.1 Å². The molecule has 22 heavy (non-hydrogen) atoms. The number of halogens is 1. The van der Waals surface area contributed by atoms with Crippen molar-refractivity contribution in [1.82, 2.24) is 20.3 Å². The molecule has 7 nitrogen and oxygen atoms in total. The van der Waals surface area contributed by atoms with E-state index in [0.29, 0.717) is 10.2 Å². The summed E-state index contributed by atoms with van der Waals surface area (Å²) < 4.78 is 0. The lowest BCUT2D eigenvalue weighted by atomic mass is 10.1. The highest BCUT2D eigenvalue weighted by Crippen LogP contribution is 2.18. The zero-order chi connectivity index (χ0) is 16.1. The van der Waals surface area contributed by atoms with Gasteiger partial charge in [0, 0.05) is 5.02 Å². The van der Waals surface area contributed by atoms with Crippen LogP contribution in [0.4, 0.5) is 11.9 Å². The second-order valence-corrected chi connectivity index (χ2v) is 5.85. The van der Waals surface area contributed by atoms with Crippen LogP contribution >= 0.6 is 23.4 Å². The van der Waals surface area contributed by atoms with Crippen molar-refractivity contribution in [2.45, 2.75) is 18.1 Å². The van der Waals surface area contributed by atoms with Gasteiger partial charge in [-0.1, -0.05) is 35.5 Å². The molecule has 2 aromatic rings. The SMILES string of the molecule is C[C@H](NC(=O)CSc1nc(N)nc(N)n1)c1cccc(Cl)c1. The van der Waals surface area contributed by atoms with Gasteiger partial charge in [-0.25, -0.2) is 0 Å². The number of nitrogens with two attached hydrogens (primary N) is 2. The molecule has 5 N–H and O–H groups in total. The van der Waals surface area contributed by atoms with Gasteiger partial charge in [-0.3, -0.25) is 4.79 Å². The second-order valence-electron chi connectivity index (χ2n) is 4.47. The van der Waals surface area contributed by atoms with Crippen molar-refractivity contribution in [3.05, 3.63) is 34.9 Å². The van der Waals surface area contributed by atoms with Gasteiger partial charge in [0.05, 0.1) is 11.8 Å². The van der Waals surface area contributed by atoms with E-state index in [9.17, 15) is 4.79 Å². The Balaban J connectivity index is 1.90. The maximum absolute atomic E-state index is 12.0. The van der Waals surface area contributed by atoms with Gasteiger partial charge in [-0.05, 0) is 24.6 Å². The summed E-state index contributed by atoms with van der Waals surface area (Å²) in [4.78, 5) is 23.4. The third kappa shape index (κ3) is 4.74. The Morgan fingerprint density at radius 2 is 2.00 bits per heavy atom. The van der Waals surface area contributed by atoms with Gasteiger partial charge >= 0.3 is 0 Å². The Bertz CT molecular complexity index is 663. The van der Waals surface area contributed by atoms with E-state index in [1.165, 1.54) is 0 Å². The Morgan fingerprint density at radius 1 is 1.32 bits per heavy atom. The van der Waals surface area contributed by atoms with Crippen molar-refractivity contribution < 1.29 is 4.79 Å². The molecule has 9 heteroatoms. The molecule has 1 atom stereocenters. The average molecular weight is 339 g/mol. The number of carbonyl (C=O) groups excluding carboxylic acids is 1. The standard InChI is InChI=1S/C13H15ClN6OS/c1-7(8-3-2-4-9(14)5-8)17-10(21)6-22-13-19-11(15)18-12(16)20-13/h2-5,7H,6H2,1H3,(H,17,21)(H4,15,16,18,19,20)/t7-/m0/s1. The van der Waals surface area contributed by atoms with Crippen LogP contribution in [0.2, 0.25) is 5.02 Å². The van der Waals surface area contributed by atoms with E-state index in [0.717, 1.165) is 17.3 Å². The summed E-state index contributed by atoms with van der Waals surface area (Å²) in [5.41, 5.74) is 11.9. The van der Waals surface area contributed by atoms with Gasteiger partial charge in [-0.15, -0.1) is 0 Å². The number of rotatable bonds is 5. The summed E-state index contributed by atoms with van der Waals surface area (Å²) in [5.74, 6) is 0.0498. The summed E-state index contributed by atoms with van der Waals surface area (Å²) in [6.07, 6.45) is 0. The van der Waals surface area contributed by atoms with Crippen LogP contribution in [-0.4, -0.2) is 26.6 Å². The predicted octanol–water partition coefficient (Wildman–Crippen LogP) is 1.66. The molecule has 0 fully saturated rings. The molecule has 0 unspecified atom stereocenters. The van der Waals surface area contributed by atoms with Crippen LogP contribution in [0.1, 0.15) is 18.5 Å². The normalized spacial score (nSPS) is 11.9. The highest BCUT2D eigenvalue weighted by molar-refractivity contribution is 7.99. The van der Waals surface area contributed by atoms with Crippen LogP contribution in [0.25, 0.3) is 0 Å². The van der Waals surface area contributed by atoms with Crippen molar-refractivity contribution >= 4 is 41.2 Å². The number of nitrogens with zero attached hydrogens (tertiary/aromatic N) is 3. The first kappa shape index (κ1) is 16.3. The molecule has 116 valence electrons. The molecule has 0 bridgehead atoms. The van der Waals surface area contributed by atoms with Gasteiger partial charge in [-0.2, -0.15) is 15.0 Å². The topological polar surface area (TPSA) is 120 Å². The Morgan fingerprint density at radius 3 is 2.64 bits per heavy atom. The minimum atomic E-state index is -0.157. The Labute approximate surface area is 136 Å². The number of benzene rings is 1. The lowest BCUT2D eigenvalue weighted by molar-refractivity contribution is -0.119. The third-order valence-corrected chi connectivity index (χ3v) is 3.79. The van der Waals surface area contributed by atoms with E-state index in [1.54, 1.807) is 6.07 Å². The van der Waals surface area contributed by atoms with Crippen LogP contribution < -0.4 is 16.8 Å².